The van der Waals surface area contributed by atoms with E-state index in [1.165, 1.54) is 6.42 Å². The standard InChI is InChI=1S/C21H32O3/c1-4-14-17(22)10-16-13-6-5-12-9-18(23)19(24)11-21(12,3)15(13)7-8-20(14,16)2/h12-16,18,23H,4-11H2,1-3H3/t12-,13-,14-,15-,16+,18+,20+,21-/m0/s1. The van der Waals surface area contributed by atoms with Crippen molar-refractivity contribution >= 4 is 11.6 Å². The molecule has 4 rings (SSSR count). The summed E-state index contributed by atoms with van der Waals surface area (Å²) in [5, 5.41) is 10.0. The number of ketones is 2. The zero-order valence-electron chi connectivity index (χ0n) is 15.4. The van der Waals surface area contributed by atoms with Crippen molar-refractivity contribution in [3.05, 3.63) is 0 Å². The van der Waals surface area contributed by atoms with Crippen molar-refractivity contribution < 1.29 is 14.7 Å². The molecule has 4 fully saturated rings. The second-order valence-electron chi connectivity index (χ2n) is 9.73. The number of rotatable bonds is 1. The molecule has 3 heteroatoms. The number of carbonyl (C=O) groups is 2. The van der Waals surface area contributed by atoms with Gasteiger partial charge in [0, 0.05) is 18.8 Å². The first-order valence-electron chi connectivity index (χ1n) is 10.0. The summed E-state index contributed by atoms with van der Waals surface area (Å²) in [4.78, 5) is 24.9. The molecule has 0 radical (unpaired) electrons. The highest BCUT2D eigenvalue weighted by Crippen LogP contribution is 2.66. The molecule has 0 bridgehead atoms. The van der Waals surface area contributed by atoms with Crippen molar-refractivity contribution in [2.45, 2.75) is 78.2 Å². The average molecular weight is 332 g/mol. The molecule has 0 saturated heterocycles. The van der Waals surface area contributed by atoms with Crippen LogP contribution in [0.2, 0.25) is 0 Å². The first-order chi connectivity index (χ1) is 11.3. The van der Waals surface area contributed by atoms with Crippen LogP contribution in [-0.4, -0.2) is 22.8 Å². The Morgan fingerprint density at radius 1 is 1.04 bits per heavy atom. The van der Waals surface area contributed by atoms with E-state index in [0.717, 1.165) is 32.1 Å². The minimum atomic E-state index is -0.731. The van der Waals surface area contributed by atoms with Crippen LogP contribution < -0.4 is 0 Å². The summed E-state index contributed by atoms with van der Waals surface area (Å²) in [7, 11) is 0. The summed E-state index contributed by atoms with van der Waals surface area (Å²) in [5.41, 5.74) is 0.238. The zero-order chi connectivity index (χ0) is 17.3. The van der Waals surface area contributed by atoms with E-state index in [1.807, 2.05) is 0 Å². The lowest BCUT2D eigenvalue weighted by Gasteiger charge is -2.60. The van der Waals surface area contributed by atoms with Crippen LogP contribution in [0.1, 0.15) is 72.1 Å². The van der Waals surface area contributed by atoms with Gasteiger partial charge in [-0.05, 0) is 73.0 Å². The number of carbonyl (C=O) groups excluding carboxylic acids is 2. The predicted octanol–water partition coefficient (Wildman–Crippen LogP) is 3.77. The molecule has 0 amide bonds. The van der Waals surface area contributed by atoms with Crippen LogP contribution in [0.15, 0.2) is 0 Å². The van der Waals surface area contributed by atoms with E-state index in [9.17, 15) is 14.7 Å². The molecule has 0 spiro atoms. The highest BCUT2D eigenvalue weighted by atomic mass is 16.3. The van der Waals surface area contributed by atoms with Gasteiger partial charge in [0.05, 0.1) is 0 Å². The molecule has 0 aromatic rings. The Morgan fingerprint density at radius 3 is 2.50 bits per heavy atom. The molecule has 4 aliphatic rings. The van der Waals surface area contributed by atoms with Crippen molar-refractivity contribution in [1.29, 1.82) is 0 Å². The number of aliphatic hydroxyl groups is 1. The first-order valence-corrected chi connectivity index (χ1v) is 10.0. The van der Waals surface area contributed by atoms with Crippen molar-refractivity contribution in [2.24, 2.45) is 40.4 Å². The molecule has 0 aromatic heterocycles. The van der Waals surface area contributed by atoms with Crippen LogP contribution in [0.3, 0.4) is 0 Å². The molecule has 0 unspecified atom stereocenters. The molecule has 8 atom stereocenters. The lowest BCUT2D eigenvalue weighted by atomic mass is 9.44. The molecule has 24 heavy (non-hydrogen) atoms. The number of hydrogen-bond donors (Lipinski definition) is 1. The van der Waals surface area contributed by atoms with Crippen LogP contribution in [0.4, 0.5) is 0 Å². The van der Waals surface area contributed by atoms with Crippen molar-refractivity contribution in [3.63, 3.8) is 0 Å². The van der Waals surface area contributed by atoms with E-state index in [-0.39, 0.29) is 22.5 Å². The first kappa shape index (κ1) is 16.8. The SMILES string of the molecule is CC[C@H]1C(=O)C[C@@H]2[C@H]3CC[C@H]4C[C@@H](O)C(=O)C[C@]4(C)[C@H]3CC[C@@]21C. The van der Waals surface area contributed by atoms with E-state index in [2.05, 4.69) is 20.8 Å². The fourth-order valence-electron chi connectivity index (χ4n) is 7.68. The van der Waals surface area contributed by atoms with Crippen LogP contribution >= 0.6 is 0 Å². The topological polar surface area (TPSA) is 54.4 Å². The number of Topliss-reactive ketones (excluding diaryl/α,β-unsaturated/α-hetero) is 2. The summed E-state index contributed by atoms with van der Waals surface area (Å²) in [6.45, 7) is 6.86. The van der Waals surface area contributed by atoms with Gasteiger partial charge >= 0.3 is 0 Å². The second-order valence-corrected chi connectivity index (χ2v) is 9.73. The Bertz CT molecular complexity index is 569. The third-order valence-electron chi connectivity index (χ3n) is 8.95. The second kappa shape index (κ2) is 5.40. The molecular weight excluding hydrogens is 300 g/mol. The monoisotopic (exact) mass is 332 g/mol. The normalized spacial score (nSPS) is 54.2. The molecule has 0 heterocycles. The van der Waals surface area contributed by atoms with Crippen LogP contribution in [0.25, 0.3) is 0 Å². The van der Waals surface area contributed by atoms with Crippen molar-refractivity contribution in [1.82, 2.24) is 0 Å². The highest BCUT2D eigenvalue weighted by Gasteiger charge is 2.62. The summed E-state index contributed by atoms with van der Waals surface area (Å²) in [6.07, 6.45) is 6.85. The molecule has 134 valence electrons. The van der Waals surface area contributed by atoms with Gasteiger partial charge in [-0.2, -0.15) is 0 Å². The van der Waals surface area contributed by atoms with Crippen LogP contribution in [-0.2, 0) is 9.59 Å². The maximum Gasteiger partial charge on any atom is 0.161 e. The minimum Gasteiger partial charge on any atom is -0.385 e. The minimum absolute atomic E-state index is 0.0495. The molecule has 4 aliphatic carbocycles. The summed E-state index contributed by atoms with van der Waals surface area (Å²) < 4.78 is 0. The van der Waals surface area contributed by atoms with E-state index in [1.54, 1.807) is 0 Å². The van der Waals surface area contributed by atoms with Crippen LogP contribution in [0, 0.1) is 40.4 Å². The largest absolute Gasteiger partial charge is 0.385 e. The Hall–Kier alpha value is -0.700. The van der Waals surface area contributed by atoms with E-state index in [0.29, 0.717) is 42.3 Å². The Morgan fingerprint density at radius 2 is 1.79 bits per heavy atom. The quantitative estimate of drug-likeness (QED) is 0.795. The van der Waals surface area contributed by atoms with Gasteiger partial charge in [0.25, 0.3) is 0 Å². The smallest absolute Gasteiger partial charge is 0.161 e. The van der Waals surface area contributed by atoms with Gasteiger partial charge in [0.1, 0.15) is 11.9 Å². The van der Waals surface area contributed by atoms with Crippen LogP contribution in [0.5, 0.6) is 0 Å². The Kier molecular flexibility index (Phi) is 3.77. The number of hydrogen-bond acceptors (Lipinski definition) is 3. The lowest BCUT2D eigenvalue weighted by Crippen LogP contribution is -2.55. The van der Waals surface area contributed by atoms with Gasteiger partial charge in [-0.25, -0.2) is 0 Å². The fourth-order valence-corrected chi connectivity index (χ4v) is 7.68. The Labute approximate surface area is 145 Å². The van der Waals surface area contributed by atoms with E-state index >= 15 is 0 Å². The predicted molar refractivity (Wildman–Crippen MR) is 92.3 cm³/mol. The maximum absolute atomic E-state index is 12.6. The number of aliphatic hydroxyl groups excluding tert-OH is 1. The van der Waals surface area contributed by atoms with Gasteiger partial charge in [0.2, 0.25) is 0 Å². The van der Waals surface area contributed by atoms with Crippen molar-refractivity contribution in [3.8, 4) is 0 Å². The van der Waals surface area contributed by atoms with E-state index in [4.69, 9.17) is 0 Å². The molecule has 1 N–H and O–H groups in total. The summed E-state index contributed by atoms with van der Waals surface area (Å²) in [6, 6.07) is 0. The van der Waals surface area contributed by atoms with Crippen molar-refractivity contribution in [2.75, 3.05) is 0 Å². The zero-order valence-corrected chi connectivity index (χ0v) is 15.4. The third kappa shape index (κ3) is 2.06. The van der Waals surface area contributed by atoms with Gasteiger partial charge in [-0.15, -0.1) is 0 Å². The third-order valence-corrected chi connectivity index (χ3v) is 8.95. The fraction of sp³-hybridized carbons (Fsp3) is 0.905. The Balaban J connectivity index is 1.66. The maximum atomic E-state index is 12.6. The lowest BCUT2D eigenvalue weighted by molar-refractivity contribution is -0.154. The van der Waals surface area contributed by atoms with E-state index < -0.39 is 6.10 Å². The molecule has 3 nitrogen and oxygen atoms in total. The van der Waals surface area contributed by atoms with Gasteiger partial charge in [-0.1, -0.05) is 20.8 Å². The van der Waals surface area contributed by atoms with Gasteiger partial charge in [0.15, 0.2) is 5.78 Å². The average Bonchev–Trinajstić information content (AvgIpc) is 2.78. The molecule has 4 saturated carbocycles. The highest BCUT2D eigenvalue weighted by molar-refractivity contribution is 5.85. The van der Waals surface area contributed by atoms with Gasteiger partial charge < -0.3 is 5.11 Å². The summed E-state index contributed by atoms with van der Waals surface area (Å²) in [5.74, 6) is 2.97. The molecule has 0 aliphatic heterocycles. The molecule has 0 aromatic carbocycles. The number of fused-ring (bicyclic) bond motifs is 5. The summed E-state index contributed by atoms with van der Waals surface area (Å²) >= 11 is 0. The molecular formula is C21H32O3. The van der Waals surface area contributed by atoms with Gasteiger partial charge in [-0.3, -0.25) is 9.59 Å².